The van der Waals surface area contributed by atoms with Crippen LogP contribution in [0, 0.1) is 0 Å². The molecule has 0 spiro atoms. The molecule has 0 bridgehead atoms. The summed E-state index contributed by atoms with van der Waals surface area (Å²) < 4.78 is 5.12. The van der Waals surface area contributed by atoms with E-state index in [-0.39, 0.29) is 5.97 Å². The third-order valence-electron chi connectivity index (χ3n) is 3.41. The molecule has 0 aliphatic carbocycles. The van der Waals surface area contributed by atoms with E-state index >= 15 is 0 Å². The Morgan fingerprint density at radius 2 is 2.14 bits per heavy atom. The molecule has 0 aromatic heterocycles. The zero-order valence-electron chi connectivity index (χ0n) is 12.0. The number of aliphatic imine (C=N–C) groups is 1. The molecule has 4 nitrogen and oxygen atoms in total. The van der Waals surface area contributed by atoms with E-state index in [0.717, 1.165) is 22.1 Å². The van der Waals surface area contributed by atoms with E-state index in [0.29, 0.717) is 18.7 Å². The van der Waals surface area contributed by atoms with E-state index in [1.165, 1.54) is 0 Å². The second-order valence-electron chi connectivity index (χ2n) is 4.75. The summed E-state index contributed by atoms with van der Waals surface area (Å²) in [5.41, 5.74) is 3.58. The minimum Gasteiger partial charge on any atom is -0.463 e. The zero-order chi connectivity index (χ0) is 14.8. The number of benzene rings is 1. The molecule has 1 aromatic carbocycles. The van der Waals surface area contributed by atoms with Crippen LogP contribution in [0.1, 0.15) is 19.4 Å². The Kier molecular flexibility index (Phi) is 3.84. The summed E-state index contributed by atoms with van der Waals surface area (Å²) in [6.45, 7) is 4.56. The summed E-state index contributed by atoms with van der Waals surface area (Å²) >= 11 is 1.59. The third kappa shape index (κ3) is 2.61. The van der Waals surface area contributed by atoms with Crippen LogP contribution >= 0.6 is 11.8 Å². The highest BCUT2D eigenvalue weighted by atomic mass is 32.2. The van der Waals surface area contributed by atoms with Gasteiger partial charge in [0, 0.05) is 5.41 Å². The molecule has 5 heteroatoms. The molecule has 0 amide bonds. The summed E-state index contributed by atoms with van der Waals surface area (Å²) in [6, 6.07) is 10.1. The van der Waals surface area contributed by atoms with Crippen LogP contribution in [-0.2, 0) is 9.53 Å². The summed E-state index contributed by atoms with van der Waals surface area (Å²) in [5, 5.41) is 3.00. The highest BCUT2D eigenvalue weighted by Gasteiger charge is 2.31. The molecule has 0 unspecified atom stereocenters. The van der Waals surface area contributed by atoms with Gasteiger partial charge in [0.15, 0.2) is 5.17 Å². The number of rotatable bonds is 3. The second-order valence-corrected chi connectivity index (χ2v) is 5.59. The van der Waals surface area contributed by atoms with Crippen molar-refractivity contribution >= 4 is 28.6 Å². The van der Waals surface area contributed by atoms with Gasteiger partial charge < -0.3 is 9.64 Å². The van der Waals surface area contributed by atoms with Gasteiger partial charge in [0.05, 0.1) is 30.1 Å². The smallest absolute Gasteiger partial charge is 0.337 e. The number of carbonyl (C=O) groups excluding carboxylic acids is 1. The average Bonchev–Trinajstić information content (AvgIpc) is 2.90. The quantitative estimate of drug-likeness (QED) is 0.804. The van der Waals surface area contributed by atoms with Crippen LogP contribution in [0.15, 0.2) is 52.0 Å². The van der Waals surface area contributed by atoms with Crippen molar-refractivity contribution in [3.8, 4) is 0 Å². The minimum absolute atomic E-state index is 0.276. The number of hydrogen-bond acceptors (Lipinski definition) is 5. The Morgan fingerprint density at radius 3 is 2.86 bits per heavy atom. The van der Waals surface area contributed by atoms with Crippen LogP contribution in [0.2, 0.25) is 0 Å². The monoisotopic (exact) mass is 300 g/mol. The number of hydrogen-bond donors (Lipinski definition) is 0. The molecular formula is C16H16N2O2S. The fraction of sp³-hybridized carbons (Fsp3) is 0.250. The fourth-order valence-corrected chi connectivity index (χ4v) is 3.29. The van der Waals surface area contributed by atoms with Crippen LogP contribution in [-0.4, -0.2) is 29.2 Å². The van der Waals surface area contributed by atoms with Gasteiger partial charge in [0.1, 0.15) is 0 Å². The van der Waals surface area contributed by atoms with E-state index in [2.05, 4.69) is 27.4 Å². The van der Waals surface area contributed by atoms with Gasteiger partial charge in [0.25, 0.3) is 0 Å². The van der Waals surface area contributed by atoms with Gasteiger partial charge in [-0.25, -0.2) is 9.79 Å². The second kappa shape index (κ2) is 5.77. The topological polar surface area (TPSA) is 41.9 Å². The van der Waals surface area contributed by atoms with E-state index in [1.54, 1.807) is 11.8 Å². The molecule has 1 aromatic rings. The number of allylic oxidation sites excluding steroid dienone is 1. The molecule has 2 aliphatic rings. The maximum Gasteiger partial charge on any atom is 0.337 e. The first kappa shape index (κ1) is 13.9. The van der Waals surface area contributed by atoms with Crippen molar-refractivity contribution in [1.82, 2.24) is 4.90 Å². The van der Waals surface area contributed by atoms with Crippen LogP contribution < -0.4 is 0 Å². The zero-order valence-corrected chi connectivity index (χ0v) is 12.8. The number of nitrogens with zero attached hydrogens (tertiary/aromatic N) is 2. The minimum atomic E-state index is -0.276. The molecule has 108 valence electrons. The van der Waals surface area contributed by atoms with Crippen LogP contribution in [0.25, 0.3) is 5.70 Å². The summed E-state index contributed by atoms with van der Waals surface area (Å²) in [7, 11) is 0. The largest absolute Gasteiger partial charge is 0.463 e. The molecule has 0 saturated heterocycles. The molecular weight excluding hydrogens is 284 g/mol. The lowest BCUT2D eigenvalue weighted by molar-refractivity contribution is -0.138. The molecule has 0 atom stereocenters. The van der Waals surface area contributed by atoms with Gasteiger partial charge >= 0.3 is 5.97 Å². The molecule has 21 heavy (non-hydrogen) atoms. The van der Waals surface area contributed by atoms with E-state index in [4.69, 9.17) is 4.74 Å². The van der Waals surface area contributed by atoms with Crippen molar-refractivity contribution in [2.45, 2.75) is 13.8 Å². The number of fused-ring (bicyclic) bond motifs is 1. The predicted molar refractivity (Wildman–Crippen MR) is 85.5 cm³/mol. The molecule has 0 fully saturated rings. The summed E-state index contributed by atoms with van der Waals surface area (Å²) in [6.07, 6.45) is 0. The number of carbonyl (C=O) groups is 1. The van der Waals surface area contributed by atoms with Gasteiger partial charge in [-0.15, -0.1) is 0 Å². The Balaban J connectivity index is 1.89. The van der Waals surface area contributed by atoms with Crippen LogP contribution in [0.5, 0.6) is 0 Å². The van der Waals surface area contributed by atoms with Crippen molar-refractivity contribution < 1.29 is 9.53 Å². The number of amidine groups is 1. The van der Waals surface area contributed by atoms with Gasteiger partial charge in [-0.3, -0.25) is 0 Å². The predicted octanol–water partition coefficient (Wildman–Crippen LogP) is 3.24. The Bertz CT molecular complexity index is 662. The Labute approximate surface area is 128 Å². The number of thioether (sulfide) groups is 1. The van der Waals surface area contributed by atoms with Crippen molar-refractivity contribution in [3.63, 3.8) is 0 Å². The first-order valence-corrected chi connectivity index (χ1v) is 7.74. The standard InChI is InChI=1S/C16H16N2O2S/c1-3-20-15(19)13-9-18-14(12-7-5-4-6-8-12)10-21-16(18)17-11(13)2/h4-8,10H,3,9H2,1-2H3. The lowest BCUT2D eigenvalue weighted by Crippen LogP contribution is -2.32. The summed E-state index contributed by atoms with van der Waals surface area (Å²) in [5.74, 6) is -0.276. The third-order valence-corrected chi connectivity index (χ3v) is 4.27. The SMILES string of the molecule is CCOC(=O)C1=C(C)N=C2SC=C(c3ccccc3)N2C1. The first-order chi connectivity index (χ1) is 10.2. The van der Waals surface area contributed by atoms with Crippen molar-refractivity contribution in [2.75, 3.05) is 13.2 Å². The molecule has 3 rings (SSSR count). The average molecular weight is 300 g/mol. The lowest BCUT2D eigenvalue weighted by Gasteiger charge is -2.27. The number of ether oxygens (including phenoxy) is 1. The maximum atomic E-state index is 12.0. The van der Waals surface area contributed by atoms with Gasteiger partial charge in [0.2, 0.25) is 0 Å². The first-order valence-electron chi connectivity index (χ1n) is 6.86. The van der Waals surface area contributed by atoms with Crippen molar-refractivity contribution in [3.05, 3.63) is 52.6 Å². The van der Waals surface area contributed by atoms with E-state index in [1.807, 2.05) is 32.0 Å². The molecule has 0 N–H and O–H groups in total. The van der Waals surface area contributed by atoms with Gasteiger partial charge in [-0.2, -0.15) is 0 Å². The molecule has 2 aliphatic heterocycles. The Morgan fingerprint density at radius 1 is 1.38 bits per heavy atom. The van der Waals surface area contributed by atoms with Crippen LogP contribution in [0.3, 0.4) is 0 Å². The Hall–Kier alpha value is -2.01. The van der Waals surface area contributed by atoms with Gasteiger partial charge in [-0.1, -0.05) is 42.1 Å². The van der Waals surface area contributed by atoms with Crippen molar-refractivity contribution in [1.29, 1.82) is 0 Å². The number of esters is 1. The molecule has 0 saturated carbocycles. The van der Waals surface area contributed by atoms with E-state index < -0.39 is 0 Å². The fourth-order valence-electron chi connectivity index (χ4n) is 2.33. The van der Waals surface area contributed by atoms with Crippen LogP contribution in [0.4, 0.5) is 0 Å². The lowest BCUT2D eigenvalue weighted by atomic mass is 10.1. The van der Waals surface area contributed by atoms with Crippen molar-refractivity contribution in [2.24, 2.45) is 4.99 Å². The maximum absolute atomic E-state index is 12.0. The molecule has 2 heterocycles. The normalized spacial score (nSPS) is 17.3. The van der Waals surface area contributed by atoms with Gasteiger partial charge in [-0.05, 0) is 19.4 Å². The summed E-state index contributed by atoms with van der Waals surface area (Å²) in [4.78, 5) is 18.6. The molecule has 0 radical (unpaired) electrons. The van der Waals surface area contributed by atoms with E-state index in [9.17, 15) is 4.79 Å². The highest BCUT2D eigenvalue weighted by Crippen LogP contribution is 2.37. The highest BCUT2D eigenvalue weighted by molar-refractivity contribution is 8.16.